The molecule has 1 aromatic rings. The van der Waals surface area contributed by atoms with Crippen LogP contribution >= 0.6 is 15.9 Å². The zero-order chi connectivity index (χ0) is 11.3. The largest absolute Gasteiger partial charge is 0.310 e. The minimum absolute atomic E-state index is 0.559. The van der Waals surface area contributed by atoms with E-state index in [1.54, 1.807) is 6.20 Å². The summed E-state index contributed by atoms with van der Waals surface area (Å²) < 4.78 is 1.04. The lowest BCUT2D eigenvalue weighted by atomic mass is 10.1. The van der Waals surface area contributed by atoms with Crippen LogP contribution in [0.15, 0.2) is 22.9 Å². The van der Waals surface area contributed by atoms with E-state index in [0.717, 1.165) is 16.9 Å². The molecule has 0 amide bonds. The third-order valence-electron chi connectivity index (χ3n) is 2.24. The van der Waals surface area contributed by atoms with Crippen molar-refractivity contribution in [1.82, 2.24) is 10.3 Å². The number of nitrogens with one attached hydrogen (secondary N) is 1. The second kappa shape index (κ2) is 6.23. The first-order chi connectivity index (χ1) is 7.08. The van der Waals surface area contributed by atoms with Crippen molar-refractivity contribution >= 4 is 15.9 Å². The molecule has 1 N–H and O–H groups in total. The predicted molar refractivity (Wildman–Crippen MR) is 67.7 cm³/mol. The van der Waals surface area contributed by atoms with Crippen LogP contribution in [0.5, 0.6) is 0 Å². The SMILES string of the molecule is CC(C)CC(C)NCc1cncc(Br)c1. The van der Waals surface area contributed by atoms with E-state index in [1.807, 2.05) is 6.20 Å². The summed E-state index contributed by atoms with van der Waals surface area (Å²) in [5.74, 6) is 0.744. The topological polar surface area (TPSA) is 24.9 Å². The van der Waals surface area contributed by atoms with Crippen LogP contribution in [0.25, 0.3) is 0 Å². The molecule has 0 aliphatic heterocycles. The zero-order valence-electron chi connectivity index (χ0n) is 9.63. The van der Waals surface area contributed by atoms with Crippen molar-refractivity contribution in [3.63, 3.8) is 0 Å². The van der Waals surface area contributed by atoms with Crippen LogP contribution < -0.4 is 5.32 Å². The first kappa shape index (κ1) is 12.7. The minimum Gasteiger partial charge on any atom is -0.310 e. The second-order valence-electron chi connectivity index (χ2n) is 4.42. The molecule has 1 unspecified atom stereocenters. The van der Waals surface area contributed by atoms with E-state index in [9.17, 15) is 0 Å². The van der Waals surface area contributed by atoms with E-state index in [0.29, 0.717) is 6.04 Å². The molecule has 1 atom stereocenters. The van der Waals surface area contributed by atoms with Gasteiger partial charge in [0.2, 0.25) is 0 Å². The molecule has 0 aromatic carbocycles. The Morgan fingerprint density at radius 3 is 2.67 bits per heavy atom. The van der Waals surface area contributed by atoms with E-state index >= 15 is 0 Å². The van der Waals surface area contributed by atoms with Crippen molar-refractivity contribution in [1.29, 1.82) is 0 Å². The average Bonchev–Trinajstić information content (AvgIpc) is 2.14. The molecule has 0 saturated heterocycles. The van der Waals surface area contributed by atoms with Crippen LogP contribution in [0.4, 0.5) is 0 Å². The maximum Gasteiger partial charge on any atom is 0.0410 e. The highest BCUT2D eigenvalue weighted by molar-refractivity contribution is 9.10. The van der Waals surface area contributed by atoms with Gasteiger partial charge >= 0.3 is 0 Å². The molecule has 0 aliphatic carbocycles. The third kappa shape index (κ3) is 5.28. The van der Waals surface area contributed by atoms with Gasteiger partial charge in [0, 0.05) is 29.5 Å². The molecule has 0 aliphatic rings. The summed E-state index contributed by atoms with van der Waals surface area (Å²) in [6, 6.07) is 2.66. The van der Waals surface area contributed by atoms with Gasteiger partial charge < -0.3 is 5.32 Å². The average molecular weight is 271 g/mol. The summed E-state index contributed by atoms with van der Waals surface area (Å²) in [6.45, 7) is 7.61. The maximum absolute atomic E-state index is 4.14. The zero-order valence-corrected chi connectivity index (χ0v) is 11.2. The van der Waals surface area contributed by atoms with Gasteiger partial charge in [0.25, 0.3) is 0 Å². The Balaban J connectivity index is 2.36. The highest BCUT2D eigenvalue weighted by atomic mass is 79.9. The summed E-state index contributed by atoms with van der Waals surface area (Å²) in [7, 11) is 0. The van der Waals surface area contributed by atoms with Gasteiger partial charge in [0.05, 0.1) is 0 Å². The smallest absolute Gasteiger partial charge is 0.0410 e. The molecule has 0 saturated carbocycles. The first-order valence-corrected chi connectivity index (χ1v) is 6.20. The highest BCUT2D eigenvalue weighted by Crippen LogP contribution is 2.10. The Morgan fingerprint density at radius 1 is 1.33 bits per heavy atom. The molecular formula is C12H19BrN2. The Morgan fingerprint density at radius 2 is 2.07 bits per heavy atom. The lowest BCUT2D eigenvalue weighted by Gasteiger charge is -2.15. The molecule has 0 spiro atoms. The van der Waals surface area contributed by atoms with E-state index in [1.165, 1.54) is 12.0 Å². The number of pyridine rings is 1. The predicted octanol–water partition coefficient (Wildman–Crippen LogP) is 3.37. The fourth-order valence-corrected chi connectivity index (χ4v) is 2.05. The first-order valence-electron chi connectivity index (χ1n) is 5.40. The Hall–Kier alpha value is -0.410. The lowest BCUT2D eigenvalue weighted by molar-refractivity contribution is 0.441. The van der Waals surface area contributed by atoms with Crippen molar-refractivity contribution in [2.45, 2.75) is 39.8 Å². The standard InChI is InChI=1S/C12H19BrN2/c1-9(2)4-10(3)15-7-11-5-12(13)8-14-6-11/h5-6,8-10,15H,4,7H2,1-3H3. The maximum atomic E-state index is 4.14. The van der Waals surface area contributed by atoms with Crippen LogP contribution in [0.2, 0.25) is 0 Å². The normalized spacial score (nSPS) is 13.1. The molecule has 0 radical (unpaired) electrons. The Kier molecular flexibility index (Phi) is 5.26. The van der Waals surface area contributed by atoms with Crippen molar-refractivity contribution in [2.75, 3.05) is 0 Å². The number of aromatic nitrogens is 1. The summed E-state index contributed by atoms with van der Waals surface area (Å²) in [5, 5.41) is 3.50. The van der Waals surface area contributed by atoms with E-state index in [2.05, 4.69) is 53.1 Å². The Bertz CT molecular complexity index is 299. The number of rotatable bonds is 5. The minimum atomic E-state index is 0.559. The van der Waals surface area contributed by atoms with E-state index in [4.69, 9.17) is 0 Å². The van der Waals surface area contributed by atoms with Gasteiger partial charge in [0.1, 0.15) is 0 Å². The molecule has 3 heteroatoms. The number of hydrogen-bond donors (Lipinski definition) is 1. The van der Waals surface area contributed by atoms with Crippen molar-refractivity contribution in [2.24, 2.45) is 5.92 Å². The van der Waals surface area contributed by atoms with Crippen LogP contribution in [-0.2, 0) is 6.54 Å². The molecule has 15 heavy (non-hydrogen) atoms. The van der Waals surface area contributed by atoms with Crippen LogP contribution in [0, 0.1) is 5.92 Å². The van der Waals surface area contributed by atoms with Crippen LogP contribution in [-0.4, -0.2) is 11.0 Å². The molecule has 0 bridgehead atoms. The molecule has 84 valence electrons. The van der Waals surface area contributed by atoms with Gasteiger partial charge in [-0.15, -0.1) is 0 Å². The quantitative estimate of drug-likeness (QED) is 0.888. The molecule has 1 aromatic heterocycles. The molecule has 1 heterocycles. The van der Waals surface area contributed by atoms with Gasteiger partial charge in [0.15, 0.2) is 0 Å². The fourth-order valence-electron chi connectivity index (χ4n) is 1.64. The van der Waals surface area contributed by atoms with Gasteiger partial charge in [-0.3, -0.25) is 4.98 Å². The lowest BCUT2D eigenvalue weighted by Crippen LogP contribution is -2.26. The van der Waals surface area contributed by atoms with Crippen molar-refractivity contribution in [3.05, 3.63) is 28.5 Å². The molecule has 0 fully saturated rings. The number of halogens is 1. The van der Waals surface area contributed by atoms with Crippen LogP contribution in [0.1, 0.15) is 32.8 Å². The van der Waals surface area contributed by atoms with E-state index in [-0.39, 0.29) is 0 Å². The summed E-state index contributed by atoms with van der Waals surface area (Å²) in [5.41, 5.74) is 1.22. The Labute approximate surface area is 101 Å². The summed E-state index contributed by atoms with van der Waals surface area (Å²) in [6.07, 6.45) is 4.92. The monoisotopic (exact) mass is 270 g/mol. The number of hydrogen-bond acceptors (Lipinski definition) is 2. The third-order valence-corrected chi connectivity index (χ3v) is 2.67. The fraction of sp³-hybridized carbons (Fsp3) is 0.583. The molecular weight excluding hydrogens is 252 g/mol. The summed E-state index contributed by atoms with van der Waals surface area (Å²) >= 11 is 3.42. The summed E-state index contributed by atoms with van der Waals surface area (Å²) in [4.78, 5) is 4.14. The molecule has 1 rings (SSSR count). The van der Waals surface area contributed by atoms with Gasteiger partial charge in [-0.25, -0.2) is 0 Å². The van der Waals surface area contributed by atoms with Crippen LogP contribution in [0.3, 0.4) is 0 Å². The second-order valence-corrected chi connectivity index (χ2v) is 5.34. The highest BCUT2D eigenvalue weighted by Gasteiger charge is 2.04. The molecule has 2 nitrogen and oxygen atoms in total. The van der Waals surface area contributed by atoms with Gasteiger partial charge in [-0.05, 0) is 46.8 Å². The van der Waals surface area contributed by atoms with Crippen molar-refractivity contribution < 1.29 is 0 Å². The van der Waals surface area contributed by atoms with Gasteiger partial charge in [-0.1, -0.05) is 13.8 Å². The van der Waals surface area contributed by atoms with Crippen molar-refractivity contribution in [3.8, 4) is 0 Å². The number of nitrogens with zero attached hydrogens (tertiary/aromatic N) is 1. The van der Waals surface area contributed by atoms with E-state index < -0.39 is 0 Å². The van der Waals surface area contributed by atoms with Gasteiger partial charge in [-0.2, -0.15) is 0 Å².